The van der Waals surface area contributed by atoms with E-state index in [1.165, 1.54) is 64.7 Å². The Morgan fingerprint density at radius 1 is 0.516 bits per heavy atom. The van der Waals surface area contributed by atoms with Crippen molar-refractivity contribution in [1.82, 2.24) is 14.7 Å². The highest BCUT2D eigenvalue weighted by Crippen LogP contribution is 2.50. The lowest BCUT2D eigenvalue weighted by Gasteiger charge is -2.60. The highest BCUT2D eigenvalue weighted by Gasteiger charge is 2.49. The van der Waals surface area contributed by atoms with Crippen molar-refractivity contribution >= 4 is 0 Å². The fourth-order valence-electron chi connectivity index (χ4n) is 5.03. The first-order valence-electron chi connectivity index (χ1n) is 13.1. The molecular formula is C27H55N3O. The molecule has 184 valence electrons. The second-order valence-corrected chi connectivity index (χ2v) is 13.4. The summed E-state index contributed by atoms with van der Waals surface area (Å²) in [6.07, 6.45) is 8.72. The molecule has 0 N–H and O–H groups in total. The molecule has 4 nitrogen and oxygen atoms in total. The van der Waals surface area contributed by atoms with Crippen molar-refractivity contribution in [3.63, 3.8) is 0 Å². The molecular weight excluding hydrogens is 382 g/mol. The highest BCUT2D eigenvalue weighted by molar-refractivity contribution is 5.03. The van der Waals surface area contributed by atoms with Crippen LogP contribution in [0.4, 0.5) is 0 Å². The van der Waals surface area contributed by atoms with Crippen LogP contribution in [0.3, 0.4) is 0 Å². The number of nitrogens with zero attached hydrogens (tertiary/aromatic N) is 3. The summed E-state index contributed by atoms with van der Waals surface area (Å²) >= 11 is 0. The Kier molecular flexibility index (Phi) is 9.48. The van der Waals surface area contributed by atoms with Crippen molar-refractivity contribution in [1.29, 1.82) is 0 Å². The maximum atomic E-state index is 5.25. The van der Waals surface area contributed by atoms with Crippen LogP contribution in [0.25, 0.3) is 0 Å². The molecule has 3 saturated heterocycles. The highest BCUT2D eigenvalue weighted by atomic mass is 16.5. The van der Waals surface area contributed by atoms with Gasteiger partial charge in [0.1, 0.15) is 0 Å². The smallest absolute Gasteiger partial charge is 0.0594 e. The topological polar surface area (TPSA) is 19.0 Å². The van der Waals surface area contributed by atoms with E-state index in [0.29, 0.717) is 16.6 Å². The molecule has 4 rings (SSSR count). The summed E-state index contributed by atoms with van der Waals surface area (Å²) in [6, 6.07) is 0. The average Bonchev–Trinajstić information content (AvgIpc) is 2.59. The summed E-state index contributed by atoms with van der Waals surface area (Å²) in [5.41, 5.74) is 1.94. The van der Waals surface area contributed by atoms with Crippen LogP contribution in [-0.2, 0) is 4.74 Å². The van der Waals surface area contributed by atoms with Crippen LogP contribution >= 0.6 is 0 Å². The molecule has 1 saturated carbocycles. The SMILES string of the molecule is CC(C)(C)N1CC2(CCC2)C1.CC(C)(C)N1CCCCC1.CC(C)(C)N1CCOCC1. The van der Waals surface area contributed by atoms with E-state index in [0.717, 1.165) is 31.7 Å². The molecule has 0 aromatic rings. The third kappa shape index (κ3) is 8.61. The van der Waals surface area contributed by atoms with E-state index >= 15 is 0 Å². The first-order chi connectivity index (χ1) is 14.2. The van der Waals surface area contributed by atoms with Gasteiger partial charge in [0.05, 0.1) is 13.2 Å². The van der Waals surface area contributed by atoms with Crippen LogP contribution in [0.15, 0.2) is 0 Å². The van der Waals surface area contributed by atoms with Crippen molar-refractivity contribution in [2.45, 2.75) is 117 Å². The van der Waals surface area contributed by atoms with Crippen LogP contribution in [0, 0.1) is 5.41 Å². The standard InChI is InChI=1S/C10H19N.C9H19N.C8H17NO/c1-9(2,3)11-7-10(8-11)5-4-6-10;1-9(2,3)10-7-5-4-6-8-10;1-8(2,3)9-4-6-10-7-5-9/h4-8H2,1-3H3;4-8H2,1-3H3;4-7H2,1-3H3. The largest absolute Gasteiger partial charge is 0.379 e. The van der Waals surface area contributed by atoms with Gasteiger partial charge in [0.15, 0.2) is 0 Å². The van der Waals surface area contributed by atoms with Gasteiger partial charge in [-0.2, -0.15) is 0 Å². The summed E-state index contributed by atoms with van der Waals surface area (Å²) in [4.78, 5) is 7.64. The van der Waals surface area contributed by atoms with E-state index in [1.807, 2.05) is 0 Å². The molecule has 31 heavy (non-hydrogen) atoms. The Balaban J connectivity index is 0.000000166. The van der Waals surface area contributed by atoms with Crippen molar-refractivity contribution in [3.05, 3.63) is 0 Å². The lowest BCUT2D eigenvalue weighted by atomic mass is 9.62. The summed E-state index contributed by atoms with van der Waals surface area (Å²) in [5.74, 6) is 0. The molecule has 1 aliphatic carbocycles. The lowest BCUT2D eigenvalue weighted by molar-refractivity contribution is -0.104. The molecule has 4 aliphatic rings. The Morgan fingerprint density at radius 2 is 0.935 bits per heavy atom. The fourth-order valence-corrected chi connectivity index (χ4v) is 5.03. The molecule has 4 fully saturated rings. The molecule has 0 aromatic heterocycles. The Hall–Kier alpha value is -0.160. The zero-order valence-electron chi connectivity index (χ0n) is 22.6. The summed E-state index contributed by atoms with van der Waals surface area (Å²) in [6.45, 7) is 29.9. The first kappa shape index (κ1) is 27.1. The third-order valence-electron chi connectivity index (χ3n) is 7.68. The maximum absolute atomic E-state index is 5.25. The second kappa shape index (κ2) is 10.8. The van der Waals surface area contributed by atoms with Gasteiger partial charge in [-0.25, -0.2) is 0 Å². The maximum Gasteiger partial charge on any atom is 0.0594 e. The van der Waals surface area contributed by atoms with Gasteiger partial charge in [-0.1, -0.05) is 12.8 Å². The number of piperidine rings is 1. The van der Waals surface area contributed by atoms with Crippen LogP contribution in [0.1, 0.15) is 101 Å². The van der Waals surface area contributed by atoms with E-state index in [2.05, 4.69) is 77.0 Å². The number of likely N-dealkylation sites (tertiary alicyclic amines) is 2. The molecule has 0 amide bonds. The number of rotatable bonds is 0. The minimum Gasteiger partial charge on any atom is -0.379 e. The van der Waals surface area contributed by atoms with Gasteiger partial charge in [0.25, 0.3) is 0 Å². The van der Waals surface area contributed by atoms with Crippen LogP contribution in [-0.4, -0.2) is 83.8 Å². The third-order valence-corrected chi connectivity index (χ3v) is 7.68. The summed E-state index contributed by atoms with van der Waals surface area (Å²) in [5, 5.41) is 0. The molecule has 1 spiro atoms. The minimum absolute atomic E-state index is 0.323. The van der Waals surface area contributed by atoms with Gasteiger partial charge in [0.2, 0.25) is 0 Å². The minimum atomic E-state index is 0.323. The Bertz CT molecular complexity index is 474. The van der Waals surface area contributed by atoms with Crippen molar-refractivity contribution in [2.75, 3.05) is 52.5 Å². The lowest BCUT2D eigenvalue weighted by Crippen LogP contribution is -2.64. The van der Waals surface area contributed by atoms with E-state index in [4.69, 9.17) is 4.74 Å². The fraction of sp³-hybridized carbons (Fsp3) is 1.00. The monoisotopic (exact) mass is 437 g/mol. The van der Waals surface area contributed by atoms with E-state index < -0.39 is 0 Å². The van der Waals surface area contributed by atoms with Gasteiger partial charge >= 0.3 is 0 Å². The number of hydrogen-bond acceptors (Lipinski definition) is 4. The van der Waals surface area contributed by atoms with Crippen molar-refractivity contribution in [2.24, 2.45) is 5.41 Å². The number of ether oxygens (including phenoxy) is 1. The zero-order valence-corrected chi connectivity index (χ0v) is 22.6. The van der Waals surface area contributed by atoms with E-state index in [-0.39, 0.29) is 0 Å². The van der Waals surface area contributed by atoms with Crippen molar-refractivity contribution in [3.8, 4) is 0 Å². The summed E-state index contributed by atoms with van der Waals surface area (Å²) in [7, 11) is 0. The Morgan fingerprint density at radius 3 is 1.23 bits per heavy atom. The van der Waals surface area contributed by atoms with Gasteiger partial charge in [-0.15, -0.1) is 0 Å². The second-order valence-electron chi connectivity index (χ2n) is 13.4. The van der Waals surface area contributed by atoms with E-state index in [1.54, 1.807) is 0 Å². The number of hydrogen-bond donors (Lipinski definition) is 0. The molecule has 0 aromatic carbocycles. The number of morpholine rings is 1. The van der Waals surface area contributed by atoms with Gasteiger partial charge in [-0.05, 0) is 107 Å². The average molecular weight is 438 g/mol. The predicted octanol–water partition coefficient (Wildman–Crippen LogP) is 5.66. The molecule has 0 radical (unpaired) electrons. The molecule has 3 heterocycles. The van der Waals surface area contributed by atoms with Gasteiger partial charge in [0, 0.05) is 42.8 Å². The van der Waals surface area contributed by atoms with Crippen molar-refractivity contribution < 1.29 is 4.74 Å². The first-order valence-corrected chi connectivity index (χ1v) is 13.1. The van der Waals surface area contributed by atoms with E-state index in [9.17, 15) is 0 Å². The van der Waals surface area contributed by atoms with Crippen LogP contribution in [0.5, 0.6) is 0 Å². The Labute approximate surface area is 195 Å². The van der Waals surface area contributed by atoms with Crippen LogP contribution in [0.2, 0.25) is 0 Å². The molecule has 4 heteroatoms. The molecule has 0 unspecified atom stereocenters. The molecule has 0 atom stereocenters. The molecule has 0 bridgehead atoms. The van der Waals surface area contributed by atoms with Gasteiger partial charge in [-0.3, -0.25) is 14.7 Å². The van der Waals surface area contributed by atoms with Crippen LogP contribution < -0.4 is 0 Å². The quantitative estimate of drug-likeness (QED) is 0.487. The zero-order chi connectivity index (χ0) is 23.3. The van der Waals surface area contributed by atoms with Gasteiger partial charge < -0.3 is 4.74 Å². The normalized spacial score (nSPS) is 25.5. The molecule has 3 aliphatic heterocycles. The summed E-state index contributed by atoms with van der Waals surface area (Å²) < 4.78 is 5.25. The predicted molar refractivity (Wildman–Crippen MR) is 135 cm³/mol.